The van der Waals surface area contributed by atoms with Gasteiger partial charge in [-0.2, -0.15) is 0 Å². The van der Waals surface area contributed by atoms with Crippen LogP contribution in [-0.4, -0.2) is 44.0 Å². The van der Waals surface area contributed by atoms with Crippen molar-refractivity contribution >= 4 is 5.78 Å². The minimum Gasteiger partial charge on any atom is -0.493 e. The summed E-state index contributed by atoms with van der Waals surface area (Å²) in [4.78, 5) is 13.7. The average molecular weight is 235 g/mol. The zero-order valence-corrected chi connectivity index (χ0v) is 10.4. The maximum absolute atomic E-state index is 11.5. The van der Waals surface area contributed by atoms with Crippen molar-refractivity contribution in [2.45, 2.75) is 13.0 Å². The van der Waals surface area contributed by atoms with Crippen LogP contribution in [-0.2, 0) is 0 Å². The number of benzene rings is 1. The average Bonchev–Trinajstić information content (AvgIpc) is 2.26. The van der Waals surface area contributed by atoms with Gasteiger partial charge in [-0.15, -0.1) is 0 Å². The Labute approximate surface area is 101 Å². The molecule has 0 unspecified atom stereocenters. The number of ketones is 1. The maximum Gasteiger partial charge on any atom is 0.172 e. The number of hydrogen-bond donors (Lipinski definition) is 0. The minimum atomic E-state index is -0.00780. The van der Waals surface area contributed by atoms with Gasteiger partial charge in [0.25, 0.3) is 0 Å². The van der Waals surface area contributed by atoms with Crippen molar-refractivity contribution in [1.29, 1.82) is 0 Å². The first kappa shape index (κ1) is 11.9. The molecule has 1 aromatic carbocycles. The number of carbonyl (C=O) groups excluding carboxylic acids is 1. The molecule has 0 aromatic heterocycles. The highest BCUT2D eigenvalue weighted by atomic mass is 16.5. The lowest BCUT2D eigenvalue weighted by Gasteiger charge is -2.36. The number of nitrogens with zero attached hydrogens (tertiary/aromatic N) is 1. The molecule has 1 heterocycles. The molecule has 0 bridgehead atoms. The Bertz CT molecular complexity index is 425. The predicted molar refractivity (Wildman–Crippen MR) is 64.9 cm³/mol. The second-order valence-electron chi connectivity index (χ2n) is 4.35. The van der Waals surface area contributed by atoms with E-state index >= 15 is 0 Å². The van der Waals surface area contributed by atoms with Crippen LogP contribution in [0.4, 0.5) is 0 Å². The summed E-state index contributed by atoms with van der Waals surface area (Å²) >= 11 is 0. The highest BCUT2D eigenvalue weighted by Crippen LogP contribution is 2.33. The molecule has 0 amide bonds. The predicted octanol–water partition coefficient (Wildman–Crippen LogP) is 1.59. The molecule has 0 N–H and O–H groups in total. The van der Waals surface area contributed by atoms with Crippen LogP contribution in [0.25, 0.3) is 0 Å². The van der Waals surface area contributed by atoms with Crippen LogP contribution in [0.5, 0.6) is 11.5 Å². The molecule has 1 aliphatic rings. The fourth-order valence-electron chi connectivity index (χ4n) is 1.96. The molecule has 0 spiro atoms. The lowest BCUT2D eigenvalue weighted by molar-refractivity contribution is 0.0362. The number of Topliss-reactive ketones (excluding diaryl/α,β-unsaturated/α-hetero) is 1. The van der Waals surface area contributed by atoms with E-state index in [4.69, 9.17) is 9.47 Å². The first-order chi connectivity index (χ1) is 8.11. The van der Waals surface area contributed by atoms with Crippen molar-refractivity contribution in [3.8, 4) is 11.5 Å². The van der Waals surface area contributed by atoms with Crippen LogP contribution in [0, 0.1) is 0 Å². The molecule has 2 rings (SSSR count). The zero-order valence-electron chi connectivity index (χ0n) is 10.4. The number of methoxy groups -OCH3 is 1. The van der Waals surface area contributed by atoms with Gasteiger partial charge in [-0.05, 0) is 26.1 Å². The summed E-state index contributed by atoms with van der Waals surface area (Å²) in [5.74, 6) is 1.18. The van der Waals surface area contributed by atoms with Gasteiger partial charge in [0.1, 0.15) is 6.10 Å². The molecule has 92 valence electrons. The SMILES string of the molecule is COc1cccc(C(C)=O)c1OC1CN(C)C1. The number of rotatable bonds is 4. The minimum absolute atomic E-state index is 0.00780. The van der Waals surface area contributed by atoms with Crippen molar-refractivity contribution in [3.05, 3.63) is 23.8 Å². The van der Waals surface area contributed by atoms with Crippen molar-refractivity contribution in [1.82, 2.24) is 4.90 Å². The first-order valence-corrected chi connectivity index (χ1v) is 5.65. The number of ether oxygens (including phenoxy) is 2. The van der Waals surface area contributed by atoms with Gasteiger partial charge in [-0.3, -0.25) is 9.69 Å². The molecule has 1 aliphatic heterocycles. The summed E-state index contributed by atoms with van der Waals surface area (Å²) in [6.07, 6.45) is 0.148. The molecule has 1 saturated heterocycles. The quantitative estimate of drug-likeness (QED) is 0.743. The van der Waals surface area contributed by atoms with E-state index in [-0.39, 0.29) is 11.9 Å². The molecule has 17 heavy (non-hydrogen) atoms. The second-order valence-corrected chi connectivity index (χ2v) is 4.35. The third-order valence-electron chi connectivity index (χ3n) is 2.89. The Morgan fingerprint density at radius 2 is 2.12 bits per heavy atom. The molecule has 0 atom stereocenters. The zero-order chi connectivity index (χ0) is 12.4. The summed E-state index contributed by atoms with van der Waals surface area (Å²) in [5.41, 5.74) is 0.582. The second kappa shape index (κ2) is 4.75. The Balaban J connectivity index is 2.25. The largest absolute Gasteiger partial charge is 0.493 e. The fourth-order valence-corrected chi connectivity index (χ4v) is 1.96. The highest BCUT2D eigenvalue weighted by Gasteiger charge is 2.27. The molecular formula is C13H17NO3. The monoisotopic (exact) mass is 235 g/mol. The Morgan fingerprint density at radius 1 is 1.41 bits per heavy atom. The van der Waals surface area contributed by atoms with Crippen LogP contribution < -0.4 is 9.47 Å². The van der Waals surface area contributed by atoms with Gasteiger partial charge in [0.05, 0.1) is 12.7 Å². The molecule has 1 fully saturated rings. The standard InChI is InChI=1S/C13H17NO3/c1-9(15)11-5-4-6-12(16-3)13(11)17-10-7-14(2)8-10/h4-6,10H,7-8H2,1-3H3. The number of para-hydroxylation sites is 1. The Hall–Kier alpha value is -1.55. The summed E-state index contributed by atoms with van der Waals surface area (Å²) in [5, 5.41) is 0. The van der Waals surface area contributed by atoms with Gasteiger partial charge >= 0.3 is 0 Å². The van der Waals surface area contributed by atoms with Crippen molar-refractivity contribution in [2.24, 2.45) is 0 Å². The van der Waals surface area contributed by atoms with Crippen LogP contribution in [0.2, 0.25) is 0 Å². The molecule has 4 nitrogen and oxygen atoms in total. The van der Waals surface area contributed by atoms with E-state index < -0.39 is 0 Å². The van der Waals surface area contributed by atoms with Crippen molar-refractivity contribution in [2.75, 3.05) is 27.2 Å². The third kappa shape index (κ3) is 2.42. The highest BCUT2D eigenvalue weighted by molar-refractivity contribution is 5.97. The third-order valence-corrected chi connectivity index (χ3v) is 2.89. The van der Waals surface area contributed by atoms with Gasteiger partial charge in [0.2, 0.25) is 0 Å². The first-order valence-electron chi connectivity index (χ1n) is 5.65. The smallest absolute Gasteiger partial charge is 0.172 e. The summed E-state index contributed by atoms with van der Waals surface area (Å²) in [6, 6.07) is 5.38. The number of hydrogen-bond acceptors (Lipinski definition) is 4. The summed E-state index contributed by atoms with van der Waals surface area (Å²) in [6.45, 7) is 3.30. The lowest BCUT2D eigenvalue weighted by atomic mass is 10.1. The van der Waals surface area contributed by atoms with E-state index in [2.05, 4.69) is 4.90 Å². The van der Waals surface area contributed by atoms with Gasteiger partial charge < -0.3 is 9.47 Å². The van der Waals surface area contributed by atoms with Crippen LogP contribution in [0.15, 0.2) is 18.2 Å². The van der Waals surface area contributed by atoms with E-state index in [1.807, 2.05) is 13.1 Å². The van der Waals surface area contributed by atoms with E-state index in [1.54, 1.807) is 19.2 Å². The Morgan fingerprint density at radius 3 is 2.65 bits per heavy atom. The van der Waals surface area contributed by atoms with Gasteiger partial charge in [0, 0.05) is 13.1 Å². The molecule has 0 radical (unpaired) electrons. The van der Waals surface area contributed by atoms with Crippen LogP contribution >= 0.6 is 0 Å². The lowest BCUT2D eigenvalue weighted by Crippen LogP contribution is -2.51. The Kier molecular flexibility index (Phi) is 3.33. The molecule has 0 aliphatic carbocycles. The van der Waals surface area contributed by atoms with Crippen molar-refractivity contribution < 1.29 is 14.3 Å². The maximum atomic E-state index is 11.5. The van der Waals surface area contributed by atoms with Gasteiger partial charge in [-0.1, -0.05) is 6.07 Å². The van der Waals surface area contributed by atoms with Gasteiger partial charge in [0.15, 0.2) is 17.3 Å². The van der Waals surface area contributed by atoms with E-state index in [0.29, 0.717) is 17.1 Å². The van der Waals surface area contributed by atoms with Crippen molar-refractivity contribution in [3.63, 3.8) is 0 Å². The van der Waals surface area contributed by atoms with E-state index in [0.717, 1.165) is 13.1 Å². The summed E-state index contributed by atoms with van der Waals surface area (Å²) in [7, 11) is 3.62. The molecule has 1 aromatic rings. The topological polar surface area (TPSA) is 38.8 Å². The van der Waals surface area contributed by atoms with Crippen LogP contribution in [0.3, 0.4) is 0 Å². The molecule has 4 heteroatoms. The van der Waals surface area contributed by atoms with Gasteiger partial charge in [-0.25, -0.2) is 0 Å². The normalized spacial score (nSPS) is 16.4. The fraction of sp³-hybridized carbons (Fsp3) is 0.462. The van der Waals surface area contributed by atoms with E-state index in [9.17, 15) is 4.79 Å². The number of likely N-dealkylation sites (N-methyl/N-ethyl adjacent to an activating group) is 1. The van der Waals surface area contributed by atoms with E-state index in [1.165, 1.54) is 6.92 Å². The van der Waals surface area contributed by atoms with Crippen LogP contribution in [0.1, 0.15) is 17.3 Å². The number of carbonyl (C=O) groups is 1. The molecule has 0 saturated carbocycles. The number of likely N-dealkylation sites (tertiary alicyclic amines) is 1. The molecular weight excluding hydrogens is 218 g/mol. The summed E-state index contributed by atoms with van der Waals surface area (Å²) < 4.78 is 11.1.